The predicted molar refractivity (Wildman–Crippen MR) is 74.0 cm³/mol. The minimum Gasteiger partial charge on any atom is -0.487 e. The summed E-state index contributed by atoms with van der Waals surface area (Å²) in [6, 6.07) is 4.86. The standard InChI is InChI=1S/C12H19N3O3S/c1-9-8-15(2)11-7-10(3-4-12(11)18-9)19(16,17)14-6-5-13/h3-4,7,9,14H,5-6,8,13H2,1-2H3. The summed E-state index contributed by atoms with van der Waals surface area (Å²) in [4.78, 5) is 2.22. The van der Waals surface area contributed by atoms with E-state index >= 15 is 0 Å². The quantitative estimate of drug-likeness (QED) is 0.822. The highest BCUT2D eigenvalue weighted by Crippen LogP contribution is 2.34. The lowest BCUT2D eigenvalue weighted by Gasteiger charge is -2.32. The van der Waals surface area contributed by atoms with Crippen LogP contribution in [-0.4, -0.2) is 41.2 Å². The first-order valence-electron chi connectivity index (χ1n) is 6.15. The molecule has 0 saturated carbocycles. The fourth-order valence-corrected chi connectivity index (χ4v) is 3.14. The molecule has 0 radical (unpaired) electrons. The molecule has 1 aromatic carbocycles. The van der Waals surface area contributed by atoms with E-state index in [4.69, 9.17) is 10.5 Å². The minimum atomic E-state index is -3.51. The smallest absolute Gasteiger partial charge is 0.240 e. The van der Waals surface area contributed by atoms with E-state index in [9.17, 15) is 8.42 Å². The van der Waals surface area contributed by atoms with Crippen molar-refractivity contribution < 1.29 is 13.2 Å². The Bertz CT molecular complexity index is 559. The molecule has 0 bridgehead atoms. The van der Waals surface area contributed by atoms with Crippen molar-refractivity contribution in [3.8, 4) is 5.75 Å². The minimum absolute atomic E-state index is 0.0929. The van der Waals surface area contributed by atoms with E-state index < -0.39 is 10.0 Å². The van der Waals surface area contributed by atoms with E-state index in [0.29, 0.717) is 5.75 Å². The van der Waals surface area contributed by atoms with Gasteiger partial charge in [-0.15, -0.1) is 0 Å². The second-order valence-corrected chi connectivity index (χ2v) is 6.39. The topological polar surface area (TPSA) is 84.7 Å². The van der Waals surface area contributed by atoms with Gasteiger partial charge in [-0.25, -0.2) is 13.1 Å². The fourth-order valence-electron chi connectivity index (χ4n) is 2.08. The summed E-state index contributed by atoms with van der Waals surface area (Å²) in [6.07, 6.45) is 0.0929. The average molecular weight is 285 g/mol. The van der Waals surface area contributed by atoms with Crippen LogP contribution < -0.4 is 20.1 Å². The first-order chi connectivity index (χ1) is 8.94. The van der Waals surface area contributed by atoms with Crippen LogP contribution >= 0.6 is 0 Å². The molecule has 1 unspecified atom stereocenters. The van der Waals surface area contributed by atoms with Gasteiger partial charge in [0.1, 0.15) is 11.9 Å². The van der Waals surface area contributed by atoms with Crippen LogP contribution in [0.5, 0.6) is 5.75 Å². The van der Waals surface area contributed by atoms with Gasteiger partial charge >= 0.3 is 0 Å². The zero-order valence-electron chi connectivity index (χ0n) is 11.1. The maximum atomic E-state index is 12.0. The molecule has 1 aromatic rings. The highest BCUT2D eigenvalue weighted by atomic mass is 32.2. The number of nitrogens with one attached hydrogen (secondary N) is 1. The number of sulfonamides is 1. The summed E-state index contributed by atoms with van der Waals surface area (Å²) in [5.41, 5.74) is 6.09. The number of rotatable bonds is 4. The molecule has 19 heavy (non-hydrogen) atoms. The highest BCUT2D eigenvalue weighted by molar-refractivity contribution is 7.89. The van der Waals surface area contributed by atoms with Crippen LogP contribution in [0.15, 0.2) is 23.1 Å². The number of hydrogen-bond donors (Lipinski definition) is 2. The monoisotopic (exact) mass is 285 g/mol. The van der Waals surface area contributed by atoms with Crippen LogP contribution in [0.25, 0.3) is 0 Å². The van der Waals surface area contributed by atoms with Crippen molar-refractivity contribution in [1.82, 2.24) is 4.72 Å². The van der Waals surface area contributed by atoms with Crippen molar-refractivity contribution in [2.45, 2.75) is 17.9 Å². The Hall–Kier alpha value is -1.31. The molecule has 1 aliphatic rings. The number of likely N-dealkylation sites (N-methyl/N-ethyl adjacent to an activating group) is 1. The summed E-state index contributed by atoms with van der Waals surface area (Å²) in [6.45, 7) is 3.20. The van der Waals surface area contributed by atoms with Crippen LogP contribution in [0.4, 0.5) is 5.69 Å². The van der Waals surface area contributed by atoms with Gasteiger partial charge in [0.05, 0.1) is 17.1 Å². The van der Waals surface area contributed by atoms with E-state index in [2.05, 4.69) is 4.72 Å². The van der Waals surface area contributed by atoms with Gasteiger partial charge < -0.3 is 15.4 Å². The van der Waals surface area contributed by atoms with Gasteiger partial charge in [0, 0.05) is 20.1 Å². The third-order valence-corrected chi connectivity index (χ3v) is 4.41. The Balaban J connectivity index is 2.33. The molecule has 0 saturated heterocycles. The van der Waals surface area contributed by atoms with Gasteiger partial charge in [0.2, 0.25) is 10.0 Å². The molecule has 0 aliphatic carbocycles. The molecule has 7 heteroatoms. The van der Waals surface area contributed by atoms with Crippen LogP contribution in [0, 0.1) is 0 Å². The van der Waals surface area contributed by atoms with E-state index in [1.807, 2.05) is 18.9 Å². The van der Waals surface area contributed by atoms with E-state index in [1.165, 1.54) is 0 Å². The van der Waals surface area contributed by atoms with E-state index in [0.717, 1.165) is 12.2 Å². The Morgan fingerprint density at radius 2 is 2.26 bits per heavy atom. The number of nitrogens with two attached hydrogens (primary N) is 1. The van der Waals surface area contributed by atoms with Crippen LogP contribution in [-0.2, 0) is 10.0 Å². The van der Waals surface area contributed by atoms with Crippen LogP contribution in [0.3, 0.4) is 0 Å². The number of anilines is 1. The van der Waals surface area contributed by atoms with Crippen LogP contribution in [0.1, 0.15) is 6.92 Å². The lowest BCUT2D eigenvalue weighted by molar-refractivity contribution is 0.215. The lowest BCUT2D eigenvalue weighted by Crippen LogP contribution is -2.36. The van der Waals surface area contributed by atoms with Gasteiger partial charge in [0.15, 0.2) is 0 Å². The van der Waals surface area contributed by atoms with Crippen molar-refractivity contribution in [3.63, 3.8) is 0 Å². The van der Waals surface area contributed by atoms with Crippen LogP contribution in [0.2, 0.25) is 0 Å². The third kappa shape index (κ3) is 2.99. The van der Waals surface area contributed by atoms with Crippen molar-refractivity contribution >= 4 is 15.7 Å². The number of ether oxygens (including phenoxy) is 1. The lowest BCUT2D eigenvalue weighted by atomic mass is 10.2. The Kier molecular flexibility index (Phi) is 3.98. The van der Waals surface area contributed by atoms with Gasteiger partial charge in [-0.2, -0.15) is 0 Å². The van der Waals surface area contributed by atoms with E-state index in [1.54, 1.807) is 18.2 Å². The first kappa shape index (κ1) is 14.1. The molecule has 6 nitrogen and oxygen atoms in total. The Morgan fingerprint density at radius 3 is 2.95 bits per heavy atom. The normalized spacial score (nSPS) is 18.9. The number of nitrogens with zero attached hydrogens (tertiary/aromatic N) is 1. The SMILES string of the molecule is CC1CN(C)c2cc(S(=O)(=O)NCCN)ccc2O1. The van der Waals surface area contributed by atoms with Gasteiger partial charge in [-0.05, 0) is 25.1 Å². The highest BCUT2D eigenvalue weighted by Gasteiger charge is 2.23. The largest absolute Gasteiger partial charge is 0.487 e. The van der Waals surface area contributed by atoms with Gasteiger partial charge in [-0.1, -0.05) is 0 Å². The first-order valence-corrected chi connectivity index (χ1v) is 7.64. The van der Waals surface area contributed by atoms with Crippen molar-refractivity contribution in [3.05, 3.63) is 18.2 Å². The molecule has 0 spiro atoms. The number of benzene rings is 1. The molecule has 2 rings (SSSR count). The molecule has 0 fully saturated rings. The summed E-state index contributed by atoms with van der Waals surface area (Å²) >= 11 is 0. The maximum Gasteiger partial charge on any atom is 0.240 e. The van der Waals surface area contributed by atoms with Crippen molar-refractivity contribution in [1.29, 1.82) is 0 Å². The number of hydrogen-bond acceptors (Lipinski definition) is 5. The van der Waals surface area contributed by atoms with Crippen molar-refractivity contribution in [2.24, 2.45) is 5.73 Å². The molecule has 0 amide bonds. The molecular formula is C12H19N3O3S. The Labute approximate surface area is 113 Å². The summed E-state index contributed by atoms with van der Waals surface area (Å²) in [5.74, 6) is 0.707. The average Bonchev–Trinajstić information content (AvgIpc) is 2.35. The zero-order valence-corrected chi connectivity index (χ0v) is 11.9. The Morgan fingerprint density at radius 1 is 1.53 bits per heavy atom. The second kappa shape index (κ2) is 5.36. The van der Waals surface area contributed by atoms with E-state index in [-0.39, 0.29) is 24.1 Å². The maximum absolute atomic E-state index is 12.0. The van der Waals surface area contributed by atoms with Gasteiger partial charge in [0.25, 0.3) is 0 Å². The van der Waals surface area contributed by atoms with Gasteiger partial charge in [-0.3, -0.25) is 0 Å². The third-order valence-electron chi connectivity index (χ3n) is 2.95. The zero-order chi connectivity index (χ0) is 14.0. The summed E-state index contributed by atoms with van der Waals surface area (Å²) in [5, 5.41) is 0. The fraction of sp³-hybridized carbons (Fsp3) is 0.500. The molecule has 106 valence electrons. The molecular weight excluding hydrogens is 266 g/mol. The summed E-state index contributed by atoms with van der Waals surface area (Å²) < 4.78 is 32.2. The molecule has 3 N–H and O–H groups in total. The van der Waals surface area contributed by atoms with Crippen molar-refractivity contribution in [2.75, 3.05) is 31.6 Å². The second-order valence-electron chi connectivity index (χ2n) is 4.62. The molecule has 1 aliphatic heterocycles. The molecule has 0 aromatic heterocycles. The molecule has 1 heterocycles. The summed E-state index contributed by atoms with van der Waals surface area (Å²) in [7, 11) is -1.59. The number of fused-ring (bicyclic) bond motifs is 1. The predicted octanol–water partition coefficient (Wildman–Crippen LogP) is 0.141. The molecule has 1 atom stereocenters.